The summed E-state index contributed by atoms with van der Waals surface area (Å²) in [6, 6.07) is 0. The third-order valence-electron chi connectivity index (χ3n) is 3.52. The Balaban J connectivity index is 2.57. The molecule has 0 radical (unpaired) electrons. The summed E-state index contributed by atoms with van der Waals surface area (Å²) >= 11 is 0. The largest absolute Gasteiger partial charge is 0.401 e. The molecule has 1 aliphatic heterocycles. The predicted molar refractivity (Wildman–Crippen MR) is 63.0 cm³/mol. The van der Waals surface area contributed by atoms with Crippen LogP contribution in [0.15, 0.2) is 0 Å². The maximum atomic E-state index is 12.4. The molecule has 1 heterocycles. The van der Waals surface area contributed by atoms with Crippen LogP contribution in [-0.4, -0.2) is 43.8 Å². The molecule has 2 nitrogen and oxygen atoms in total. The van der Waals surface area contributed by atoms with Gasteiger partial charge in [0.25, 0.3) is 0 Å². The molecule has 0 aliphatic carbocycles. The highest BCUT2D eigenvalue weighted by atomic mass is 19.4. The van der Waals surface area contributed by atoms with Crippen LogP contribution in [0.5, 0.6) is 0 Å². The minimum Gasteiger partial charge on any atom is -0.316 e. The first-order valence-corrected chi connectivity index (χ1v) is 6.40. The van der Waals surface area contributed by atoms with Gasteiger partial charge < -0.3 is 5.32 Å². The van der Waals surface area contributed by atoms with Crippen LogP contribution in [0.2, 0.25) is 0 Å². The highest BCUT2D eigenvalue weighted by Crippen LogP contribution is 2.32. The van der Waals surface area contributed by atoms with Crippen LogP contribution >= 0.6 is 0 Å². The monoisotopic (exact) mass is 252 g/mol. The second-order valence-corrected chi connectivity index (χ2v) is 5.10. The van der Waals surface area contributed by atoms with Gasteiger partial charge in [-0.1, -0.05) is 20.3 Å². The molecule has 1 aliphatic rings. The number of nitrogens with one attached hydrogen (secondary N) is 1. The van der Waals surface area contributed by atoms with Crippen molar-refractivity contribution in [2.75, 3.05) is 32.7 Å². The maximum absolute atomic E-state index is 12.4. The van der Waals surface area contributed by atoms with Crippen molar-refractivity contribution in [2.24, 2.45) is 5.41 Å². The first kappa shape index (κ1) is 14.8. The van der Waals surface area contributed by atoms with Crippen LogP contribution in [0.3, 0.4) is 0 Å². The number of rotatable bonds is 6. The fraction of sp³-hybridized carbons (Fsp3) is 1.00. The van der Waals surface area contributed by atoms with Crippen molar-refractivity contribution in [3.05, 3.63) is 0 Å². The summed E-state index contributed by atoms with van der Waals surface area (Å²) < 4.78 is 37.3. The predicted octanol–water partition coefficient (Wildman–Crippen LogP) is 2.65. The zero-order valence-electron chi connectivity index (χ0n) is 10.7. The van der Waals surface area contributed by atoms with E-state index in [2.05, 4.69) is 12.2 Å². The van der Waals surface area contributed by atoms with Crippen molar-refractivity contribution in [1.29, 1.82) is 0 Å². The van der Waals surface area contributed by atoms with Gasteiger partial charge in [-0.05, 0) is 31.3 Å². The summed E-state index contributed by atoms with van der Waals surface area (Å²) in [7, 11) is 0. The van der Waals surface area contributed by atoms with Crippen LogP contribution in [0.1, 0.15) is 33.1 Å². The quantitative estimate of drug-likeness (QED) is 0.782. The number of alkyl halides is 3. The molecule has 1 atom stereocenters. The zero-order chi connectivity index (χ0) is 12.9. The Morgan fingerprint density at radius 1 is 1.29 bits per heavy atom. The van der Waals surface area contributed by atoms with Crippen molar-refractivity contribution in [2.45, 2.75) is 39.3 Å². The van der Waals surface area contributed by atoms with Gasteiger partial charge in [0.15, 0.2) is 0 Å². The van der Waals surface area contributed by atoms with Gasteiger partial charge in [-0.25, -0.2) is 0 Å². The highest BCUT2D eigenvalue weighted by molar-refractivity contribution is 4.90. The Morgan fingerprint density at radius 2 is 2.00 bits per heavy atom. The normalized spacial score (nSPS) is 25.8. The fourth-order valence-electron chi connectivity index (χ4n) is 2.76. The van der Waals surface area contributed by atoms with E-state index in [0.717, 1.165) is 32.4 Å². The van der Waals surface area contributed by atoms with E-state index in [-0.39, 0.29) is 5.41 Å². The first-order chi connectivity index (χ1) is 7.91. The lowest BCUT2D eigenvalue weighted by molar-refractivity contribution is -0.148. The fourth-order valence-corrected chi connectivity index (χ4v) is 2.76. The van der Waals surface area contributed by atoms with Gasteiger partial charge in [-0.2, -0.15) is 13.2 Å². The molecule has 0 aromatic carbocycles. The molecule has 102 valence electrons. The van der Waals surface area contributed by atoms with E-state index in [1.165, 1.54) is 4.90 Å². The van der Waals surface area contributed by atoms with Gasteiger partial charge in [-0.15, -0.1) is 0 Å². The molecule has 1 rings (SSSR count). The van der Waals surface area contributed by atoms with Crippen LogP contribution < -0.4 is 5.32 Å². The maximum Gasteiger partial charge on any atom is 0.401 e. The van der Waals surface area contributed by atoms with Crippen molar-refractivity contribution in [3.63, 3.8) is 0 Å². The second-order valence-electron chi connectivity index (χ2n) is 5.10. The van der Waals surface area contributed by atoms with Gasteiger partial charge >= 0.3 is 6.18 Å². The van der Waals surface area contributed by atoms with E-state index in [4.69, 9.17) is 0 Å². The molecule has 1 N–H and O–H groups in total. The molecule has 0 saturated carbocycles. The van der Waals surface area contributed by atoms with Crippen LogP contribution in [0.25, 0.3) is 0 Å². The molecule has 1 unspecified atom stereocenters. The molecular weight excluding hydrogens is 229 g/mol. The SMILES string of the molecule is CCCC1(CN(CC)CC(F)(F)F)CCNC1. The summed E-state index contributed by atoms with van der Waals surface area (Å²) in [6.45, 7) is 5.93. The lowest BCUT2D eigenvalue weighted by Crippen LogP contribution is -2.43. The Bertz CT molecular complexity index is 222. The Morgan fingerprint density at radius 3 is 2.41 bits per heavy atom. The van der Waals surface area contributed by atoms with E-state index in [1.54, 1.807) is 6.92 Å². The number of hydrogen-bond donors (Lipinski definition) is 1. The number of hydrogen-bond acceptors (Lipinski definition) is 2. The Labute approximate surface area is 102 Å². The van der Waals surface area contributed by atoms with Crippen molar-refractivity contribution < 1.29 is 13.2 Å². The molecule has 0 bridgehead atoms. The third-order valence-corrected chi connectivity index (χ3v) is 3.52. The first-order valence-electron chi connectivity index (χ1n) is 6.40. The van der Waals surface area contributed by atoms with Gasteiger partial charge in [0.1, 0.15) is 0 Å². The highest BCUT2D eigenvalue weighted by Gasteiger charge is 2.37. The molecule has 0 spiro atoms. The van der Waals surface area contributed by atoms with Crippen LogP contribution in [0.4, 0.5) is 13.2 Å². The molecule has 5 heteroatoms. The third kappa shape index (κ3) is 4.84. The van der Waals surface area contributed by atoms with E-state index in [9.17, 15) is 13.2 Å². The Hall–Kier alpha value is -0.290. The number of nitrogens with zero attached hydrogens (tertiary/aromatic N) is 1. The van der Waals surface area contributed by atoms with Crippen molar-refractivity contribution in [3.8, 4) is 0 Å². The summed E-state index contributed by atoms with van der Waals surface area (Å²) in [5, 5.41) is 3.28. The van der Waals surface area contributed by atoms with Gasteiger partial charge in [-0.3, -0.25) is 4.90 Å². The zero-order valence-corrected chi connectivity index (χ0v) is 10.7. The minimum atomic E-state index is -4.09. The lowest BCUT2D eigenvalue weighted by atomic mass is 9.82. The van der Waals surface area contributed by atoms with Crippen molar-refractivity contribution >= 4 is 0 Å². The topological polar surface area (TPSA) is 15.3 Å². The molecule has 0 aromatic rings. The average molecular weight is 252 g/mol. The molecule has 0 aromatic heterocycles. The lowest BCUT2D eigenvalue weighted by Gasteiger charge is -2.34. The summed E-state index contributed by atoms with van der Waals surface area (Å²) in [6.07, 6.45) is -1.05. The summed E-state index contributed by atoms with van der Waals surface area (Å²) in [5.74, 6) is 0. The van der Waals surface area contributed by atoms with Crippen LogP contribution in [-0.2, 0) is 0 Å². The van der Waals surface area contributed by atoms with Gasteiger partial charge in [0.05, 0.1) is 6.54 Å². The molecule has 0 amide bonds. The van der Waals surface area contributed by atoms with E-state index >= 15 is 0 Å². The average Bonchev–Trinajstić information content (AvgIpc) is 2.64. The summed E-state index contributed by atoms with van der Waals surface area (Å²) in [5.41, 5.74) is 0.0516. The Kier molecular flexibility index (Phi) is 5.25. The van der Waals surface area contributed by atoms with E-state index in [0.29, 0.717) is 13.1 Å². The standard InChI is InChI=1S/C12H23F3N2/c1-3-5-11(6-7-16-8-11)9-17(4-2)10-12(13,14)15/h16H,3-10H2,1-2H3. The van der Waals surface area contributed by atoms with E-state index < -0.39 is 12.7 Å². The molecular formula is C12H23F3N2. The summed E-state index contributed by atoms with van der Waals surface area (Å²) in [4.78, 5) is 1.53. The second kappa shape index (κ2) is 6.05. The van der Waals surface area contributed by atoms with Crippen molar-refractivity contribution in [1.82, 2.24) is 10.2 Å². The van der Waals surface area contributed by atoms with Gasteiger partial charge in [0.2, 0.25) is 0 Å². The van der Waals surface area contributed by atoms with Crippen LogP contribution in [0, 0.1) is 5.41 Å². The molecule has 1 saturated heterocycles. The minimum absolute atomic E-state index is 0.0516. The smallest absolute Gasteiger partial charge is 0.316 e. The molecule has 17 heavy (non-hydrogen) atoms. The molecule has 1 fully saturated rings. The number of halogens is 3. The van der Waals surface area contributed by atoms with Gasteiger partial charge in [0, 0.05) is 13.1 Å². The van der Waals surface area contributed by atoms with E-state index in [1.807, 2.05) is 0 Å².